The van der Waals surface area contributed by atoms with E-state index in [1.807, 2.05) is 19.1 Å². The van der Waals surface area contributed by atoms with Crippen LogP contribution in [0.15, 0.2) is 40.8 Å². The molecular formula is C18H16F2O2. The number of ether oxygens (including phenoxy) is 1. The lowest BCUT2D eigenvalue weighted by Crippen LogP contribution is -1.91. The molecular weight excluding hydrogens is 286 g/mol. The Hall–Kier alpha value is -2.36. The molecule has 0 aliphatic carbocycles. The SMILES string of the molecule is CCOc1cc2cc(-c3ccc(CC)cc3)c(F)c(F)c2o1. The summed E-state index contributed by atoms with van der Waals surface area (Å²) < 4.78 is 39.0. The minimum atomic E-state index is -0.988. The summed E-state index contributed by atoms with van der Waals surface area (Å²) in [6.07, 6.45) is 0.898. The molecule has 1 aromatic heterocycles. The summed E-state index contributed by atoms with van der Waals surface area (Å²) in [6, 6.07) is 10.6. The largest absolute Gasteiger partial charge is 0.465 e. The van der Waals surface area contributed by atoms with Crippen LogP contribution in [0, 0.1) is 11.6 Å². The Morgan fingerprint density at radius 1 is 1.00 bits per heavy atom. The fourth-order valence-corrected chi connectivity index (χ4v) is 2.44. The predicted molar refractivity (Wildman–Crippen MR) is 82.1 cm³/mol. The predicted octanol–water partition coefficient (Wildman–Crippen LogP) is 5.34. The van der Waals surface area contributed by atoms with Crippen LogP contribution in [0.5, 0.6) is 5.95 Å². The Bertz CT molecular complexity index is 804. The van der Waals surface area contributed by atoms with Gasteiger partial charge in [0.15, 0.2) is 11.4 Å². The van der Waals surface area contributed by atoms with Gasteiger partial charge in [0, 0.05) is 17.0 Å². The first-order valence-corrected chi connectivity index (χ1v) is 7.27. The van der Waals surface area contributed by atoms with Crippen molar-refractivity contribution in [2.24, 2.45) is 0 Å². The summed E-state index contributed by atoms with van der Waals surface area (Å²) in [4.78, 5) is 0. The first kappa shape index (κ1) is 14.6. The molecule has 0 fully saturated rings. The molecule has 0 radical (unpaired) electrons. The van der Waals surface area contributed by atoms with Crippen LogP contribution < -0.4 is 4.74 Å². The van der Waals surface area contributed by atoms with E-state index in [4.69, 9.17) is 9.15 Å². The summed E-state index contributed by atoms with van der Waals surface area (Å²) in [7, 11) is 0. The molecule has 0 aliphatic heterocycles. The van der Waals surface area contributed by atoms with Crippen LogP contribution in [0.4, 0.5) is 8.78 Å². The van der Waals surface area contributed by atoms with E-state index in [2.05, 4.69) is 0 Å². The standard InChI is InChI=1S/C18H16F2O2/c1-3-11-5-7-12(8-6-11)14-9-13-10-15(21-4-2)22-18(13)17(20)16(14)19/h5-10H,3-4H2,1-2H3. The van der Waals surface area contributed by atoms with Gasteiger partial charge < -0.3 is 9.15 Å². The van der Waals surface area contributed by atoms with Crippen LogP contribution in [0.25, 0.3) is 22.1 Å². The van der Waals surface area contributed by atoms with Gasteiger partial charge in [-0.05, 0) is 30.5 Å². The van der Waals surface area contributed by atoms with E-state index < -0.39 is 11.6 Å². The fraction of sp³-hybridized carbons (Fsp3) is 0.222. The second-order valence-corrected chi connectivity index (χ2v) is 5.02. The fourth-order valence-electron chi connectivity index (χ4n) is 2.44. The molecule has 1 heterocycles. The second kappa shape index (κ2) is 5.79. The third kappa shape index (κ3) is 2.45. The van der Waals surface area contributed by atoms with E-state index in [-0.39, 0.29) is 17.1 Å². The third-order valence-electron chi connectivity index (χ3n) is 3.63. The number of benzene rings is 2. The molecule has 0 saturated carbocycles. The molecule has 0 bridgehead atoms. The van der Waals surface area contributed by atoms with Gasteiger partial charge in [-0.15, -0.1) is 0 Å². The number of fused-ring (bicyclic) bond motifs is 1. The smallest absolute Gasteiger partial charge is 0.285 e. The van der Waals surface area contributed by atoms with Gasteiger partial charge in [0.05, 0.1) is 6.61 Å². The molecule has 114 valence electrons. The molecule has 3 aromatic rings. The summed E-state index contributed by atoms with van der Waals surface area (Å²) in [6.45, 7) is 4.24. The van der Waals surface area contributed by atoms with Crippen molar-refractivity contribution in [3.05, 3.63) is 53.6 Å². The number of hydrogen-bond acceptors (Lipinski definition) is 2. The Balaban J connectivity index is 2.14. The van der Waals surface area contributed by atoms with Crippen molar-refractivity contribution in [1.29, 1.82) is 0 Å². The van der Waals surface area contributed by atoms with Crippen molar-refractivity contribution in [2.45, 2.75) is 20.3 Å². The third-order valence-corrected chi connectivity index (χ3v) is 3.63. The van der Waals surface area contributed by atoms with Crippen molar-refractivity contribution < 1.29 is 17.9 Å². The molecule has 22 heavy (non-hydrogen) atoms. The molecule has 0 saturated heterocycles. The summed E-state index contributed by atoms with van der Waals surface area (Å²) in [5.74, 6) is -1.71. The normalized spacial score (nSPS) is 11.1. The number of hydrogen-bond donors (Lipinski definition) is 0. The van der Waals surface area contributed by atoms with Gasteiger partial charge in [-0.2, -0.15) is 4.39 Å². The van der Waals surface area contributed by atoms with Crippen molar-refractivity contribution in [3.8, 4) is 17.1 Å². The second-order valence-electron chi connectivity index (χ2n) is 5.02. The molecule has 2 nitrogen and oxygen atoms in total. The highest BCUT2D eigenvalue weighted by Gasteiger charge is 2.19. The topological polar surface area (TPSA) is 22.4 Å². The van der Waals surface area contributed by atoms with E-state index in [1.165, 1.54) is 0 Å². The quantitative estimate of drug-likeness (QED) is 0.649. The first-order valence-electron chi connectivity index (χ1n) is 7.27. The molecule has 0 spiro atoms. The molecule has 0 N–H and O–H groups in total. The van der Waals surface area contributed by atoms with Crippen molar-refractivity contribution >= 4 is 11.0 Å². The van der Waals surface area contributed by atoms with Gasteiger partial charge in [0.25, 0.3) is 5.95 Å². The summed E-state index contributed by atoms with van der Waals surface area (Å²) in [5, 5.41) is 0.483. The summed E-state index contributed by atoms with van der Waals surface area (Å²) >= 11 is 0. The monoisotopic (exact) mass is 302 g/mol. The Kier molecular flexibility index (Phi) is 3.84. The molecule has 4 heteroatoms. The maximum Gasteiger partial charge on any atom is 0.285 e. The highest BCUT2D eigenvalue weighted by molar-refractivity contribution is 5.85. The van der Waals surface area contributed by atoms with Gasteiger partial charge in [-0.25, -0.2) is 4.39 Å². The van der Waals surface area contributed by atoms with Crippen LogP contribution in [-0.4, -0.2) is 6.61 Å². The van der Waals surface area contributed by atoms with Crippen LogP contribution in [0.3, 0.4) is 0 Å². The van der Waals surface area contributed by atoms with E-state index in [0.29, 0.717) is 17.6 Å². The molecule has 2 aromatic carbocycles. The minimum absolute atomic E-state index is 0.116. The van der Waals surface area contributed by atoms with Crippen LogP contribution in [0.1, 0.15) is 19.4 Å². The van der Waals surface area contributed by atoms with Gasteiger partial charge in [0.1, 0.15) is 0 Å². The average Bonchev–Trinajstić information content (AvgIpc) is 2.94. The Morgan fingerprint density at radius 2 is 1.73 bits per heavy atom. The van der Waals surface area contributed by atoms with Gasteiger partial charge in [-0.1, -0.05) is 31.2 Å². The summed E-state index contributed by atoms with van der Waals surface area (Å²) in [5.41, 5.74) is 1.88. The number of rotatable bonds is 4. The minimum Gasteiger partial charge on any atom is -0.465 e. The Morgan fingerprint density at radius 3 is 2.36 bits per heavy atom. The zero-order valence-electron chi connectivity index (χ0n) is 12.5. The highest BCUT2D eigenvalue weighted by atomic mass is 19.2. The highest BCUT2D eigenvalue weighted by Crippen LogP contribution is 2.34. The zero-order chi connectivity index (χ0) is 15.7. The van der Waals surface area contributed by atoms with E-state index in [1.54, 1.807) is 31.2 Å². The average molecular weight is 302 g/mol. The van der Waals surface area contributed by atoms with Gasteiger partial charge in [0.2, 0.25) is 5.82 Å². The molecule has 3 rings (SSSR count). The number of halogens is 2. The molecule has 0 unspecified atom stereocenters. The van der Waals surface area contributed by atoms with Crippen LogP contribution in [-0.2, 0) is 6.42 Å². The van der Waals surface area contributed by atoms with E-state index >= 15 is 0 Å². The lowest BCUT2D eigenvalue weighted by Gasteiger charge is -2.06. The molecule has 0 aliphatic rings. The van der Waals surface area contributed by atoms with Crippen LogP contribution in [0.2, 0.25) is 0 Å². The van der Waals surface area contributed by atoms with Crippen LogP contribution >= 0.6 is 0 Å². The van der Waals surface area contributed by atoms with E-state index in [9.17, 15) is 8.78 Å². The zero-order valence-corrected chi connectivity index (χ0v) is 12.5. The maximum atomic E-state index is 14.3. The Labute approximate surface area is 127 Å². The van der Waals surface area contributed by atoms with Crippen molar-refractivity contribution in [2.75, 3.05) is 6.61 Å². The van der Waals surface area contributed by atoms with Crippen molar-refractivity contribution in [3.63, 3.8) is 0 Å². The molecule has 0 amide bonds. The van der Waals surface area contributed by atoms with E-state index in [0.717, 1.165) is 12.0 Å². The first-order chi connectivity index (χ1) is 10.6. The lowest BCUT2D eigenvalue weighted by molar-refractivity contribution is 0.263. The van der Waals surface area contributed by atoms with Gasteiger partial charge in [-0.3, -0.25) is 0 Å². The van der Waals surface area contributed by atoms with Gasteiger partial charge >= 0.3 is 0 Å². The maximum absolute atomic E-state index is 14.3. The number of aryl methyl sites for hydroxylation is 1. The van der Waals surface area contributed by atoms with Crippen molar-refractivity contribution in [1.82, 2.24) is 0 Å². The number of furan rings is 1. The molecule has 0 atom stereocenters. The lowest BCUT2D eigenvalue weighted by atomic mass is 10.0.